The van der Waals surface area contributed by atoms with Crippen molar-refractivity contribution in [1.29, 1.82) is 0 Å². The number of carboxylic acids is 1. The first-order valence-electron chi connectivity index (χ1n) is 8.57. The van der Waals surface area contributed by atoms with Crippen molar-refractivity contribution in [2.75, 3.05) is 6.61 Å². The van der Waals surface area contributed by atoms with E-state index in [-0.39, 0.29) is 12.2 Å². The van der Waals surface area contributed by atoms with Gasteiger partial charge in [0.25, 0.3) is 0 Å². The molecule has 0 amide bonds. The molecule has 2 heterocycles. The second-order valence-corrected chi connectivity index (χ2v) is 6.09. The SMILES string of the molecule is CCOc1cccn2c(C(=O)CCc3ccc(F)c(C(=O)O)c3)c(C)nc12. The first-order valence-corrected chi connectivity index (χ1v) is 8.57. The Morgan fingerprint density at radius 3 is 2.78 bits per heavy atom. The third kappa shape index (κ3) is 3.67. The number of imidazole rings is 1. The first-order chi connectivity index (χ1) is 12.9. The highest BCUT2D eigenvalue weighted by atomic mass is 19.1. The number of ketones is 1. The van der Waals surface area contributed by atoms with E-state index in [0.717, 1.165) is 6.07 Å². The van der Waals surface area contributed by atoms with Crippen LogP contribution in [-0.2, 0) is 6.42 Å². The van der Waals surface area contributed by atoms with Crippen LogP contribution in [0.25, 0.3) is 5.65 Å². The summed E-state index contributed by atoms with van der Waals surface area (Å²) >= 11 is 0. The number of aromatic nitrogens is 2. The van der Waals surface area contributed by atoms with E-state index in [1.165, 1.54) is 12.1 Å². The van der Waals surface area contributed by atoms with Crippen LogP contribution in [0.15, 0.2) is 36.5 Å². The summed E-state index contributed by atoms with van der Waals surface area (Å²) in [7, 11) is 0. The molecule has 0 radical (unpaired) electrons. The molecule has 3 rings (SSSR count). The van der Waals surface area contributed by atoms with Crippen LogP contribution in [0, 0.1) is 12.7 Å². The lowest BCUT2D eigenvalue weighted by atomic mass is 10.0. The number of pyridine rings is 1. The fourth-order valence-electron chi connectivity index (χ4n) is 3.03. The second-order valence-electron chi connectivity index (χ2n) is 6.09. The van der Waals surface area contributed by atoms with Gasteiger partial charge in [-0.1, -0.05) is 6.07 Å². The molecule has 1 N–H and O–H groups in total. The van der Waals surface area contributed by atoms with Crippen LogP contribution in [-0.4, -0.2) is 32.9 Å². The maximum absolute atomic E-state index is 13.5. The second kappa shape index (κ2) is 7.57. The fraction of sp³-hybridized carbons (Fsp3) is 0.250. The number of carbonyl (C=O) groups excluding carboxylic acids is 1. The molecule has 27 heavy (non-hydrogen) atoms. The van der Waals surface area contributed by atoms with Crippen LogP contribution in [0.5, 0.6) is 5.75 Å². The molecule has 0 spiro atoms. The van der Waals surface area contributed by atoms with Crippen molar-refractivity contribution >= 4 is 17.4 Å². The zero-order valence-electron chi connectivity index (χ0n) is 15.0. The molecule has 0 atom stereocenters. The minimum Gasteiger partial charge on any atom is -0.490 e. The highest BCUT2D eigenvalue weighted by molar-refractivity contribution is 5.97. The van der Waals surface area contributed by atoms with Crippen molar-refractivity contribution in [3.8, 4) is 5.75 Å². The standard InChI is InChI=1S/C20H19FN2O4/c1-3-27-17-5-4-10-23-18(12(2)22-19(17)23)16(24)9-7-13-6-8-15(21)14(11-13)20(25)26/h4-6,8,10-11H,3,7,9H2,1-2H3,(H,25,26). The largest absolute Gasteiger partial charge is 0.490 e. The monoisotopic (exact) mass is 370 g/mol. The van der Waals surface area contributed by atoms with E-state index in [4.69, 9.17) is 9.84 Å². The van der Waals surface area contributed by atoms with Crippen LogP contribution in [0.4, 0.5) is 4.39 Å². The van der Waals surface area contributed by atoms with Crippen molar-refractivity contribution in [1.82, 2.24) is 9.38 Å². The smallest absolute Gasteiger partial charge is 0.338 e. The van der Waals surface area contributed by atoms with Gasteiger partial charge in [0.15, 0.2) is 17.2 Å². The molecule has 3 aromatic rings. The van der Waals surface area contributed by atoms with Gasteiger partial charge in [-0.3, -0.25) is 9.20 Å². The Balaban J connectivity index is 1.85. The van der Waals surface area contributed by atoms with Crippen LogP contribution in [0.1, 0.15) is 45.4 Å². The van der Waals surface area contributed by atoms with E-state index in [2.05, 4.69) is 4.98 Å². The van der Waals surface area contributed by atoms with E-state index in [1.54, 1.807) is 29.7 Å². The van der Waals surface area contributed by atoms with Gasteiger partial charge in [0.2, 0.25) is 0 Å². The third-order valence-electron chi connectivity index (χ3n) is 4.25. The van der Waals surface area contributed by atoms with Crippen LogP contribution < -0.4 is 4.74 Å². The predicted octanol–water partition coefficient (Wildman–Crippen LogP) is 3.69. The van der Waals surface area contributed by atoms with Crippen molar-refractivity contribution < 1.29 is 23.8 Å². The number of fused-ring (bicyclic) bond motifs is 1. The average molecular weight is 370 g/mol. The number of halogens is 1. The van der Waals surface area contributed by atoms with Crippen molar-refractivity contribution in [3.05, 3.63) is 64.9 Å². The minimum atomic E-state index is -1.33. The number of carboxylic acid groups (broad SMARTS) is 1. The normalized spacial score (nSPS) is 10.9. The Morgan fingerprint density at radius 1 is 1.30 bits per heavy atom. The minimum absolute atomic E-state index is 0.130. The molecular formula is C20H19FN2O4. The molecule has 1 aromatic carbocycles. The zero-order valence-corrected chi connectivity index (χ0v) is 15.0. The maximum Gasteiger partial charge on any atom is 0.338 e. The lowest BCUT2D eigenvalue weighted by Crippen LogP contribution is -2.08. The van der Waals surface area contributed by atoms with Gasteiger partial charge in [-0.05, 0) is 50.1 Å². The van der Waals surface area contributed by atoms with Gasteiger partial charge >= 0.3 is 5.97 Å². The summed E-state index contributed by atoms with van der Waals surface area (Å²) in [5.41, 5.74) is 1.83. The Hall–Kier alpha value is -3.22. The summed E-state index contributed by atoms with van der Waals surface area (Å²) in [4.78, 5) is 28.3. The molecule has 6 nitrogen and oxygen atoms in total. The number of carbonyl (C=O) groups is 2. The Labute approximate surface area is 155 Å². The van der Waals surface area contributed by atoms with Crippen LogP contribution >= 0.6 is 0 Å². The summed E-state index contributed by atoms with van der Waals surface area (Å²) in [6.45, 7) is 4.13. The number of benzene rings is 1. The van der Waals surface area contributed by atoms with Crippen molar-refractivity contribution in [2.45, 2.75) is 26.7 Å². The Morgan fingerprint density at radius 2 is 2.07 bits per heavy atom. The number of nitrogens with zero attached hydrogens (tertiary/aromatic N) is 2. The van der Waals surface area contributed by atoms with Crippen LogP contribution in [0.3, 0.4) is 0 Å². The van der Waals surface area contributed by atoms with Gasteiger partial charge in [-0.25, -0.2) is 14.2 Å². The first kappa shape index (κ1) is 18.6. The van der Waals surface area contributed by atoms with Gasteiger partial charge in [0.1, 0.15) is 11.5 Å². The molecular weight excluding hydrogens is 351 g/mol. The number of Topliss-reactive ketones (excluding diaryl/α,β-unsaturated/α-hetero) is 1. The van der Waals surface area contributed by atoms with E-state index >= 15 is 0 Å². The average Bonchev–Trinajstić information content (AvgIpc) is 2.97. The summed E-state index contributed by atoms with van der Waals surface area (Å²) in [6, 6.07) is 7.45. The lowest BCUT2D eigenvalue weighted by molar-refractivity contribution is 0.0691. The van der Waals surface area contributed by atoms with E-state index in [0.29, 0.717) is 41.4 Å². The molecule has 0 unspecified atom stereocenters. The number of hydrogen-bond acceptors (Lipinski definition) is 4. The topological polar surface area (TPSA) is 80.9 Å². The third-order valence-corrected chi connectivity index (χ3v) is 4.25. The van der Waals surface area contributed by atoms with E-state index in [1.807, 2.05) is 6.92 Å². The number of rotatable bonds is 7. The summed E-state index contributed by atoms with van der Waals surface area (Å²) < 4.78 is 20.8. The quantitative estimate of drug-likeness (QED) is 0.642. The van der Waals surface area contributed by atoms with Gasteiger partial charge in [0.05, 0.1) is 17.9 Å². The maximum atomic E-state index is 13.5. The highest BCUT2D eigenvalue weighted by Gasteiger charge is 2.19. The molecule has 0 bridgehead atoms. The van der Waals surface area contributed by atoms with Gasteiger partial charge in [-0.15, -0.1) is 0 Å². The molecule has 0 aliphatic heterocycles. The summed E-state index contributed by atoms with van der Waals surface area (Å²) in [6.07, 6.45) is 2.21. The Kier molecular flexibility index (Phi) is 5.21. The fourth-order valence-corrected chi connectivity index (χ4v) is 3.03. The van der Waals surface area contributed by atoms with Crippen LogP contribution in [0.2, 0.25) is 0 Å². The molecule has 0 aliphatic rings. The summed E-state index contributed by atoms with van der Waals surface area (Å²) in [5.74, 6) is -1.65. The number of hydrogen-bond donors (Lipinski definition) is 1. The number of ether oxygens (including phenoxy) is 1. The van der Waals surface area contributed by atoms with Gasteiger partial charge in [-0.2, -0.15) is 0 Å². The molecule has 0 saturated heterocycles. The molecule has 140 valence electrons. The lowest BCUT2D eigenvalue weighted by Gasteiger charge is -2.07. The number of aromatic carboxylic acids is 1. The highest BCUT2D eigenvalue weighted by Crippen LogP contribution is 2.23. The zero-order chi connectivity index (χ0) is 19.6. The van der Waals surface area contributed by atoms with E-state index in [9.17, 15) is 14.0 Å². The molecule has 0 saturated carbocycles. The molecule has 0 fully saturated rings. The molecule has 2 aromatic heterocycles. The molecule has 7 heteroatoms. The van der Waals surface area contributed by atoms with E-state index < -0.39 is 17.3 Å². The number of aryl methyl sites for hydroxylation is 2. The van der Waals surface area contributed by atoms with Gasteiger partial charge in [0, 0.05) is 12.6 Å². The summed E-state index contributed by atoms with van der Waals surface area (Å²) in [5, 5.41) is 9.01. The Bertz CT molecular complexity index is 1030. The molecule has 0 aliphatic carbocycles. The van der Waals surface area contributed by atoms with Crippen molar-refractivity contribution in [2.24, 2.45) is 0 Å². The van der Waals surface area contributed by atoms with Crippen molar-refractivity contribution in [3.63, 3.8) is 0 Å². The predicted molar refractivity (Wildman–Crippen MR) is 97.1 cm³/mol. The van der Waals surface area contributed by atoms with Gasteiger partial charge < -0.3 is 9.84 Å².